The maximum absolute atomic E-state index is 13.9. The number of aliphatic hydroxyl groups is 1. The number of ether oxygens (including phenoxy) is 2. The summed E-state index contributed by atoms with van der Waals surface area (Å²) in [5, 5.41) is 10.2. The molecule has 2 aromatic rings. The summed E-state index contributed by atoms with van der Waals surface area (Å²) >= 11 is 2.97. The molecular formula is C13H11BrF2N2O3. The highest BCUT2D eigenvalue weighted by atomic mass is 79.9. The van der Waals surface area contributed by atoms with Gasteiger partial charge in [0, 0.05) is 4.47 Å². The van der Waals surface area contributed by atoms with E-state index in [0.717, 1.165) is 12.1 Å². The number of hydrogen-bond donors (Lipinski definition) is 1. The van der Waals surface area contributed by atoms with Crippen molar-refractivity contribution in [3.63, 3.8) is 0 Å². The summed E-state index contributed by atoms with van der Waals surface area (Å²) in [5.41, 5.74) is -0.644. The molecule has 112 valence electrons. The lowest BCUT2D eigenvalue weighted by Gasteiger charge is -2.15. The van der Waals surface area contributed by atoms with Gasteiger partial charge in [0.05, 0.1) is 26.0 Å². The van der Waals surface area contributed by atoms with E-state index in [9.17, 15) is 13.9 Å². The SMILES string of the molecule is COc1cnc(C(O)c2c(F)cc(Br)cc2F)c(OC)n1. The topological polar surface area (TPSA) is 64.5 Å². The molecule has 1 aromatic carbocycles. The highest BCUT2D eigenvalue weighted by Gasteiger charge is 2.25. The van der Waals surface area contributed by atoms with Crippen LogP contribution in [0.5, 0.6) is 11.8 Å². The molecule has 0 saturated carbocycles. The van der Waals surface area contributed by atoms with Gasteiger partial charge in [0.2, 0.25) is 11.8 Å². The molecule has 0 bridgehead atoms. The molecule has 0 radical (unpaired) electrons. The van der Waals surface area contributed by atoms with E-state index in [1.807, 2.05) is 0 Å². The normalized spacial score (nSPS) is 12.1. The Kier molecular flexibility index (Phi) is 4.69. The second-order valence-electron chi connectivity index (χ2n) is 3.99. The Bertz CT molecular complexity index is 647. The number of aliphatic hydroxyl groups excluding tert-OH is 1. The van der Waals surface area contributed by atoms with E-state index < -0.39 is 23.3 Å². The van der Waals surface area contributed by atoms with Crippen LogP contribution >= 0.6 is 15.9 Å². The van der Waals surface area contributed by atoms with Gasteiger partial charge in [-0.1, -0.05) is 15.9 Å². The van der Waals surface area contributed by atoms with Crippen molar-refractivity contribution >= 4 is 15.9 Å². The van der Waals surface area contributed by atoms with E-state index in [-0.39, 0.29) is 21.9 Å². The van der Waals surface area contributed by atoms with Crippen molar-refractivity contribution in [3.8, 4) is 11.8 Å². The molecule has 0 spiro atoms. The van der Waals surface area contributed by atoms with Crippen molar-refractivity contribution < 1.29 is 23.4 Å². The molecule has 8 heteroatoms. The maximum atomic E-state index is 13.9. The second kappa shape index (κ2) is 6.31. The van der Waals surface area contributed by atoms with Gasteiger partial charge >= 0.3 is 0 Å². The Morgan fingerprint density at radius 2 is 1.81 bits per heavy atom. The van der Waals surface area contributed by atoms with E-state index in [4.69, 9.17) is 9.47 Å². The summed E-state index contributed by atoms with van der Waals surface area (Å²) in [5.74, 6) is -1.74. The lowest BCUT2D eigenvalue weighted by molar-refractivity contribution is 0.196. The molecule has 1 heterocycles. The van der Waals surface area contributed by atoms with Crippen LogP contribution in [0.3, 0.4) is 0 Å². The molecule has 1 aromatic heterocycles. The van der Waals surface area contributed by atoms with Gasteiger partial charge in [-0.25, -0.2) is 13.8 Å². The van der Waals surface area contributed by atoms with Crippen LogP contribution in [0.15, 0.2) is 22.8 Å². The van der Waals surface area contributed by atoms with E-state index in [2.05, 4.69) is 25.9 Å². The first-order chi connectivity index (χ1) is 9.97. The minimum Gasteiger partial charge on any atom is -0.480 e. The summed E-state index contributed by atoms with van der Waals surface area (Å²) in [4.78, 5) is 7.81. The molecule has 1 unspecified atom stereocenters. The quantitative estimate of drug-likeness (QED) is 0.907. The van der Waals surface area contributed by atoms with Gasteiger partial charge in [0.15, 0.2) is 0 Å². The molecule has 5 nitrogen and oxygen atoms in total. The first-order valence-corrected chi connectivity index (χ1v) is 6.54. The molecule has 1 N–H and O–H groups in total. The summed E-state index contributed by atoms with van der Waals surface area (Å²) in [6.45, 7) is 0. The highest BCUT2D eigenvalue weighted by Crippen LogP contribution is 2.32. The fourth-order valence-corrected chi connectivity index (χ4v) is 2.16. The predicted octanol–water partition coefficient (Wildman–Crippen LogP) is 2.62. The van der Waals surface area contributed by atoms with Crippen LogP contribution in [0.1, 0.15) is 17.4 Å². The van der Waals surface area contributed by atoms with Gasteiger partial charge in [-0.3, -0.25) is 0 Å². The highest BCUT2D eigenvalue weighted by molar-refractivity contribution is 9.10. The number of rotatable bonds is 4. The van der Waals surface area contributed by atoms with Crippen molar-refractivity contribution in [1.82, 2.24) is 9.97 Å². The summed E-state index contributed by atoms with van der Waals surface area (Å²) in [6.07, 6.45) is -0.443. The van der Waals surface area contributed by atoms with Crippen LogP contribution in [0.2, 0.25) is 0 Å². The molecule has 0 fully saturated rings. The molecule has 0 aliphatic carbocycles. The first kappa shape index (κ1) is 15.6. The van der Waals surface area contributed by atoms with Gasteiger partial charge in [0.25, 0.3) is 0 Å². The van der Waals surface area contributed by atoms with E-state index in [0.29, 0.717) is 0 Å². The van der Waals surface area contributed by atoms with Gasteiger partial charge in [-0.15, -0.1) is 0 Å². The zero-order valence-electron chi connectivity index (χ0n) is 11.1. The van der Waals surface area contributed by atoms with E-state index in [1.165, 1.54) is 20.4 Å². The summed E-state index contributed by atoms with van der Waals surface area (Å²) in [7, 11) is 2.68. The minimum atomic E-state index is -1.66. The number of halogens is 3. The third-order valence-electron chi connectivity index (χ3n) is 2.72. The average molecular weight is 361 g/mol. The Morgan fingerprint density at radius 1 is 1.19 bits per heavy atom. The van der Waals surface area contributed by atoms with Crippen LogP contribution in [0.25, 0.3) is 0 Å². The number of nitrogens with zero attached hydrogens (tertiary/aromatic N) is 2. The Hall–Kier alpha value is -1.80. The standard InChI is InChI=1S/C13H11BrF2N2O3/c1-20-9-5-17-11(13(18-9)21-2)12(19)10-7(15)3-6(14)4-8(10)16/h3-5,12,19H,1-2H3. The monoisotopic (exact) mass is 360 g/mol. The zero-order valence-corrected chi connectivity index (χ0v) is 12.7. The molecule has 21 heavy (non-hydrogen) atoms. The van der Waals surface area contributed by atoms with Crippen LogP contribution in [-0.2, 0) is 0 Å². The Morgan fingerprint density at radius 3 is 2.33 bits per heavy atom. The predicted molar refractivity (Wildman–Crippen MR) is 73.3 cm³/mol. The molecule has 0 aliphatic heterocycles. The van der Waals surface area contributed by atoms with Gasteiger partial charge < -0.3 is 14.6 Å². The van der Waals surface area contributed by atoms with Crippen molar-refractivity contribution in [2.75, 3.05) is 14.2 Å². The smallest absolute Gasteiger partial charge is 0.241 e. The molecule has 1 atom stereocenters. The fourth-order valence-electron chi connectivity index (χ4n) is 1.75. The molecule has 0 amide bonds. The first-order valence-electron chi connectivity index (χ1n) is 5.75. The van der Waals surface area contributed by atoms with Gasteiger partial charge in [-0.05, 0) is 12.1 Å². The number of methoxy groups -OCH3 is 2. The zero-order chi connectivity index (χ0) is 15.6. The van der Waals surface area contributed by atoms with Crippen molar-refractivity contribution in [2.45, 2.75) is 6.10 Å². The van der Waals surface area contributed by atoms with Crippen LogP contribution < -0.4 is 9.47 Å². The molecule has 0 saturated heterocycles. The summed E-state index contributed by atoms with van der Waals surface area (Å²) < 4.78 is 37.8. The van der Waals surface area contributed by atoms with Crippen molar-refractivity contribution in [3.05, 3.63) is 45.7 Å². The van der Waals surface area contributed by atoms with Crippen LogP contribution in [0.4, 0.5) is 8.78 Å². The largest absolute Gasteiger partial charge is 0.480 e. The van der Waals surface area contributed by atoms with Crippen LogP contribution in [0, 0.1) is 11.6 Å². The van der Waals surface area contributed by atoms with E-state index >= 15 is 0 Å². The fraction of sp³-hybridized carbons (Fsp3) is 0.231. The third kappa shape index (κ3) is 3.11. The lowest BCUT2D eigenvalue weighted by atomic mass is 10.1. The number of hydrogen-bond acceptors (Lipinski definition) is 5. The third-order valence-corrected chi connectivity index (χ3v) is 3.18. The number of benzene rings is 1. The lowest BCUT2D eigenvalue weighted by Crippen LogP contribution is -2.11. The minimum absolute atomic E-state index is 0.0800. The summed E-state index contributed by atoms with van der Waals surface area (Å²) in [6, 6.07) is 2.09. The Balaban J connectivity index is 2.52. The van der Waals surface area contributed by atoms with Crippen molar-refractivity contribution in [1.29, 1.82) is 0 Å². The van der Waals surface area contributed by atoms with Gasteiger partial charge in [0.1, 0.15) is 23.4 Å². The van der Waals surface area contributed by atoms with E-state index in [1.54, 1.807) is 0 Å². The molecule has 0 aliphatic rings. The van der Waals surface area contributed by atoms with Crippen LogP contribution in [-0.4, -0.2) is 29.3 Å². The van der Waals surface area contributed by atoms with Gasteiger partial charge in [-0.2, -0.15) is 4.98 Å². The second-order valence-corrected chi connectivity index (χ2v) is 4.91. The average Bonchev–Trinajstić information content (AvgIpc) is 2.45. The molecule has 2 rings (SSSR count). The number of aromatic nitrogens is 2. The van der Waals surface area contributed by atoms with Crippen molar-refractivity contribution in [2.24, 2.45) is 0 Å². The maximum Gasteiger partial charge on any atom is 0.241 e. The Labute approximate surface area is 127 Å². The molecular weight excluding hydrogens is 350 g/mol.